The smallest absolute Gasteiger partial charge is 0.300 e. The molecule has 0 spiro atoms. The zero-order valence-corrected chi connectivity index (χ0v) is 16.5. The van der Waals surface area contributed by atoms with Gasteiger partial charge in [-0.25, -0.2) is 4.39 Å². The van der Waals surface area contributed by atoms with E-state index in [-0.39, 0.29) is 11.3 Å². The molecular weight excluding hydrogens is 383 g/mol. The zero-order valence-electron chi connectivity index (χ0n) is 16.5. The molecule has 1 aliphatic rings. The number of carbonyl (C=O) groups excluding carboxylic acids is 2. The first-order valence-electron chi connectivity index (χ1n) is 9.42. The number of hydrogen-bond acceptors (Lipinski definition) is 4. The van der Waals surface area contributed by atoms with Gasteiger partial charge in [-0.3, -0.25) is 19.5 Å². The van der Waals surface area contributed by atoms with Crippen LogP contribution in [0, 0.1) is 19.7 Å². The Bertz CT molecular complexity index is 1170. The van der Waals surface area contributed by atoms with Crippen LogP contribution < -0.4 is 4.90 Å². The Kier molecular flexibility index (Phi) is 4.91. The lowest BCUT2D eigenvalue weighted by atomic mass is 9.95. The first-order chi connectivity index (χ1) is 14.4. The molecule has 2 heterocycles. The lowest BCUT2D eigenvalue weighted by Gasteiger charge is -2.25. The first-order valence-corrected chi connectivity index (χ1v) is 9.42. The molecule has 4 rings (SSSR count). The number of aliphatic hydroxyl groups is 1. The van der Waals surface area contributed by atoms with E-state index in [1.165, 1.54) is 29.2 Å². The van der Waals surface area contributed by atoms with Gasteiger partial charge in [0.1, 0.15) is 11.6 Å². The number of benzene rings is 2. The average Bonchev–Trinajstić information content (AvgIpc) is 3.02. The number of Topliss-reactive ketones (excluding diaryl/α,β-unsaturated/α-hetero) is 1. The molecule has 150 valence electrons. The number of amides is 1. The molecule has 1 amide bonds. The number of aromatic nitrogens is 1. The Balaban J connectivity index is 1.94. The lowest BCUT2D eigenvalue weighted by Crippen LogP contribution is -2.29. The van der Waals surface area contributed by atoms with Crippen molar-refractivity contribution in [3.63, 3.8) is 0 Å². The molecule has 5 nitrogen and oxygen atoms in total. The largest absolute Gasteiger partial charge is 0.507 e. The predicted molar refractivity (Wildman–Crippen MR) is 111 cm³/mol. The Morgan fingerprint density at radius 3 is 2.40 bits per heavy atom. The molecular formula is C24H19FN2O3. The lowest BCUT2D eigenvalue weighted by molar-refractivity contribution is -0.132. The minimum absolute atomic E-state index is 0.0272. The van der Waals surface area contributed by atoms with Gasteiger partial charge in [-0.1, -0.05) is 18.2 Å². The summed E-state index contributed by atoms with van der Waals surface area (Å²) in [5.74, 6) is -2.30. The molecule has 1 N–H and O–H groups in total. The molecule has 30 heavy (non-hydrogen) atoms. The minimum Gasteiger partial charge on any atom is -0.507 e. The summed E-state index contributed by atoms with van der Waals surface area (Å²) in [5, 5.41) is 11.1. The van der Waals surface area contributed by atoms with Crippen molar-refractivity contribution in [2.24, 2.45) is 0 Å². The maximum atomic E-state index is 13.4. The molecule has 6 heteroatoms. The van der Waals surface area contributed by atoms with E-state index in [4.69, 9.17) is 0 Å². The van der Waals surface area contributed by atoms with Gasteiger partial charge in [0, 0.05) is 23.6 Å². The van der Waals surface area contributed by atoms with Crippen molar-refractivity contribution >= 4 is 23.1 Å². The van der Waals surface area contributed by atoms with E-state index in [1.54, 1.807) is 36.7 Å². The molecule has 1 aliphatic heterocycles. The Morgan fingerprint density at radius 1 is 1.03 bits per heavy atom. The standard InChI is InChI=1S/C24H19FN2O3/c1-14-5-6-16(12-15(14)2)22(28)20-21(17-4-3-11-26-13-17)27(24(30)23(20)29)19-9-7-18(25)8-10-19/h3-13,21,28H,1-2H3/b22-20-. The van der Waals surface area contributed by atoms with Gasteiger partial charge in [-0.2, -0.15) is 0 Å². The fourth-order valence-electron chi connectivity index (χ4n) is 3.60. The highest BCUT2D eigenvalue weighted by atomic mass is 19.1. The number of anilines is 1. The minimum atomic E-state index is -0.884. The van der Waals surface area contributed by atoms with Gasteiger partial charge in [0.05, 0.1) is 11.6 Å². The summed E-state index contributed by atoms with van der Waals surface area (Å²) in [6.07, 6.45) is 3.12. The quantitative estimate of drug-likeness (QED) is 0.399. The molecule has 0 saturated carbocycles. The van der Waals surface area contributed by atoms with Crippen molar-refractivity contribution in [3.05, 3.63) is 101 Å². The van der Waals surface area contributed by atoms with Crippen molar-refractivity contribution in [1.29, 1.82) is 0 Å². The van der Waals surface area contributed by atoms with Crippen LogP contribution in [-0.4, -0.2) is 21.8 Å². The molecule has 0 radical (unpaired) electrons. The Morgan fingerprint density at radius 2 is 1.77 bits per heavy atom. The van der Waals surface area contributed by atoms with Crippen LogP contribution in [0.2, 0.25) is 0 Å². The third-order valence-corrected chi connectivity index (χ3v) is 5.33. The highest BCUT2D eigenvalue weighted by molar-refractivity contribution is 6.51. The predicted octanol–water partition coefficient (Wildman–Crippen LogP) is 4.46. The van der Waals surface area contributed by atoms with E-state index in [9.17, 15) is 19.1 Å². The number of ketones is 1. The SMILES string of the molecule is Cc1ccc(/C(O)=C2/C(=O)C(=O)N(c3ccc(F)cc3)C2c2cccnc2)cc1C. The van der Waals surface area contributed by atoms with E-state index in [0.29, 0.717) is 16.8 Å². The van der Waals surface area contributed by atoms with Crippen LogP contribution in [0.15, 0.2) is 72.6 Å². The van der Waals surface area contributed by atoms with E-state index < -0.39 is 23.5 Å². The van der Waals surface area contributed by atoms with Crippen LogP contribution in [0.3, 0.4) is 0 Å². The first kappa shape index (κ1) is 19.5. The van der Waals surface area contributed by atoms with Crippen molar-refractivity contribution in [3.8, 4) is 0 Å². The molecule has 2 aromatic carbocycles. The van der Waals surface area contributed by atoms with Crippen LogP contribution >= 0.6 is 0 Å². The Labute approximate surface area is 173 Å². The highest BCUT2D eigenvalue weighted by Crippen LogP contribution is 2.42. The van der Waals surface area contributed by atoms with Gasteiger partial charge in [0.25, 0.3) is 11.7 Å². The summed E-state index contributed by atoms with van der Waals surface area (Å²) >= 11 is 0. The number of nitrogens with zero attached hydrogens (tertiary/aromatic N) is 2. The summed E-state index contributed by atoms with van der Waals surface area (Å²) in [5.41, 5.74) is 3.33. The van der Waals surface area contributed by atoms with Gasteiger partial charge in [0.2, 0.25) is 0 Å². The summed E-state index contributed by atoms with van der Waals surface area (Å²) in [6, 6.07) is 13.2. The van der Waals surface area contributed by atoms with Crippen LogP contribution in [0.1, 0.15) is 28.3 Å². The molecule has 1 atom stereocenters. The molecule has 3 aromatic rings. The van der Waals surface area contributed by atoms with Crippen molar-refractivity contribution in [1.82, 2.24) is 4.98 Å². The molecule has 1 fully saturated rings. The number of aryl methyl sites for hydroxylation is 2. The van der Waals surface area contributed by atoms with Gasteiger partial charge < -0.3 is 5.11 Å². The van der Waals surface area contributed by atoms with Crippen LogP contribution in [-0.2, 0) is 9.59 Å². The van der Waals surface area contributed by atoms with Gasteiger partial charge in [-0.15, -0.1) is 0 Å². The number of aliphatic hydroxyl groups excluding tert-OH is 1. The molecule has 1 aromatic heterocycles. The van der Waals surface area contributed by atoms with Gasteiger partial charge >= 0.3 is 0 Å². The number of pyridine rings is 1. The van der Waals surface area contributed by atoms with E-state index >= 15 is 0 Å². The normalized spacial score (nSPS) is 18.1. The number of carbonyl (C=O) groups is 2. The summed E-state index contributed by atoms with van der Waals surface area (Å²) in [6.45, 7) is 3.85. The van der Waals surface area contributed by atoms with Crippen LogP contribution in [0.4, 0.5) is 10.1 Å². The molecule has 1 unspecified atom stereocenters. The summed E-state index contributed by atoms with van der Waals surface area (Å²) < 4.78 is 13.4. The molecule has 1 saturated heterocycles. The average molecular weight is 402 g/mol. The second kappa shape index (κ2) is 7.55. The second-order valence-corrected chi connectivity index (χ2v) is 7.23. The summed E-state index contributed by atoms with van der Waals surface area (Å²) in [4.78, 5) is 31.3. The number of hydrogen-bond donors (Lipinski definition) is 1. The van der Waals surface area contributed by atoms with Gasteiger partial charge in [0.15, 0.2) is 0 Å². The summed E-state index contributed by atoms with van der Waals surface area (Å²) in [7, 11) is 0. The molecule has 0 aliphatic carbocycles. The van der Waals surface area contributed by atoms with E-state index in [0.717, 1.165) is 11.1 Å². The van der Waals surface area contributed by atoms with E-state index in [1.807, 2.05) is 19.9 Å². The Hall–Kier alpha value is -3.80. The van der Waals surface area contributed by atoms with E-state index in [2.05, 4.69) is 4.98 Å². The van der Waals surface area contributed by atoms with Crippen molar-refractivity contribution in [2.45, 2.75) is 19.9 Å². The maximum Gasteiger partial charge on any atom is 0.300 e. The highest BCUT2D eigenvalue weighted by Gasteiger charge is 2.47. The number of rotatable bonds is 3. The fourth-order valence-corrected chi connectivity index (χ4v) is 3.60. The fraction of sp³-hybridized carbons (Fsp3) is 0.125. The van der Waals surface area contributed by atoms with Crippen LogP contribution in [0.25, 0.3) is 5.76 Å². The van der Waals surface area contributed by atoms with Crippen molar-refractivity contribution in [2.75, 3.05) is 4.90 Å². The van der Waals surface area contributed by atoms with Gasteiger partial charge in [-0.05, 0) is 66.9 Å². The van der Waals surface area contributed by atoms with Crippen molar-refractivity contribution < 1.29 is 19.1 Å². The topological polar surface area (TPSA) is 70.5 Å². The monoisotopic (exact) mass is 402 g/mol. The third kappa shape index (κ3) is 3.26. The second-order valence-electron chi connectivity index (χ2n) is 7.23. The zero-order chi connectivity index (χ0) is 21.4. The maximum absolute atomic E-state index is 13.4. The third-order valence-electron chi connectivity index (χ3n) is 5.33. The number of halogens is 1. The van der Waals surface area contributed by atoms with Crippen LogP contribution in [0.5, 0.6) is 0 Å². The molecule has 0 bridgehead atoms.